The van der Waals surface area contributed by atoms with Gasteiger partial charge in [0.25, 0.3) is 0 Å². The van der Waals surface area contributed by atoms with Gasteiger partial charge in [-0.3, -0.25) is 4.79 Å². The highest BCUT2D eigenvalue weighted by Gasteiger charge is 2.79. The van der Waals surface area contributed by atoms with E-state index in [9.17, 15) is 27.9 Å². The third-order valence-electron chi connectivity index (χ3n) is 11.0. The maximum Gasteiger partial charge on any atom is 0.456 e. The van der Waals surface area contributed by atoms with Crippen LogP contribution >= 0.6 is 0 Å². The lowest BCUT2D eigenvalue weighted by atomic mass is 9.50. The first-order valence-corrected chi connectivity index (χ1v) is 16.0. The Kier molecular flexibility index (Phi) is 8.36. The van der Waals surface area contributed by atoms with Crippen molar-refractivity contribution < 1.29 is 36.6 Å². The zero-order valence-corrected chi connectivity index (χ0v) is 26.2. The molecule has 0 bridgehead atoms. The summed E-state index contributed by atoms with van der Waals surface area (Å²) in [4.78, 5) is 24.5. The minimum absolute atomic E-state index is 0.0325. The van der Waals surface area contributed by atoms with Gasteiger partial charge in [-0.25, -0.2) is 4.79 Å². The summed E-state index contributed by atoms with van der Waals surface area (Å²) in [6, 6.07) is 14.1. The van der Waals surface area contributed by atoms with E-state index in [-0.39, 0.29) is 31.1 Å². The van der Waals surface area contributed by atoms with Gasteiger partial charge < -0.3 is 15.7 Å². The highest BCUT2D eigenvalue weighted by Crippen LogP contribution is 2.70. The molecule has 10 heteroatoms. The molecule has 248 valence electrons. The number of hydrogen-bond acceptors (Lipinski definition) is 3. The van der Waals surface area contributed by atoms with Crippen molar-refractivity contribution in [2.45, 2.75) is 82.4 Å². The summed E-state index contributed by atoms with van der Waals surface area (Å²) in [7, 11) is 0. The molecule has 5 atom stereocenters. The minimum atomic E-state index is -5.89. The van der Waals surface area contributed by atoms with Gasteiger partial charge in [0.2, 0.25) is 0 Å². The number of ketones is 1. The summed E-state index contributed by atoms with van der Waals surface area (Å²) in [5.41, 5.74) is 1.09. The van der Waals surface area contributed by atoms with E-state index in [0.29, 0.717) is 36.9 Å². The van der Waals surface area contributed by atoms with Crippen LogP contribution in [0.1, 0.15) is 74.5 Å². The van der Waals surface area contributed by atoms with Gasteiger partial charge >= 0.3 is 18.1 Å². The highest BCUT2D eigenvalue weighted by molar-refractivity contribution is 5.93. The number of urea groups is 1. The van der Waals surface area contributed by atoms with Crippen LogP contribution in [-0.4, -0.2) is 41.2 Å². The smallest absolute Gasteiger partial charge is 0.383 e. The molecule has 2 amide bonds. The second kappa shape index (κ2) is 11.9. The number of benzene rings is 2. The van der Waals surface area contributed by atoms with Crippen LogP contribution < -0.4 is 10.6 Å². The van der Waals surface area contributed by atoms with Gasteiger partial charge in [0, 0.05) is 29.0 Å². The molecule has 0 saturated heterocycles. The number of carbonyl (C=O) groups excluding carboxylic acids is 2. The molecule has 4 aliphatic rings. The predicted octanol–water partition coefficient (Wildman–Crippen LogP) is 8.00. The number of fused-ring (bicyclic) bond motifs is 4. The van der Waals surface area contributed by atoms with Gasteiger partial charge in [0.1, 0.15) is 5.60 Å². The zero-order valence-electron chi connectivity index (χ0n) is 26.2. The number of anilines is 1. The third-order valence-corrected chi connectivity index (χ3v) is 11.0. The van der Waals surface area contributed by atoms with E-state index in [1.54, 1.807) is 30.3 Å². The molecule has 0 heterocycles. The fourth-order valence-corrected chi connectivity index (χ4v) is 8.60. The Labute approximate surface area is 270 Å². The number of allylic oxidation sites excluding steroid dienone is 4. The molecule has 2 saturated carbocycles. The Morgan fingerprint density at radius 1 is 1.00 bits per heavy atom. The van der Waals surface area contributed by atoms with E-state index in [2.05, 4.69) is 22.5 Å². The van der Waals surface area contributed by atoms with Crippen LogP contribution in [0.25, 0.3) is 0 Å². The van der Waals surface area contributed by atoms with E-state index in [1.165, 1.54) is 6.92 Å². The summed E-state index contributed by atoms with van der Waals surface area (Å²) >= 11 is 0. The second-order valence-electron chi connectivity index (χ2n) is 13.6. The van der Waals surface area contributed by atoms with Crippen LogP contribution in [0, 0.1) is 36.0 Å². The number of amides is 2. The first-order valence-electron chi connectivity index (χ1n) is 16.0. The Morgan fingerprint density at radius 2 is 1.70 bits per heavy atom. The van der Waals surface area contributed by atoms with Crippen molar-refractivity contribution in [3.05, 3.63) is 88.0 Å². The first kappa shape index (κ1) is 33.0. The fraction of sp³-hybridized carbons (Fsp3) is 0.459. The van der Waals surface area contributed by atoms with Gasteiger partial charge in [-0.2, -0.15) is 22.0 Å². The number of aryl methyl sites for hydroxylation is 1. The maximum atomic E-state index is 15.2. The lowest BCUT2D eigenvalue weighted by Crippen LogP contribution is -2.65. The van der Waals surface area contributed by atoms with Crippen LogP contribution in [0.3, 0.4) is 0 Å². The number of halogens is 5. The number of aliphatic hydroxyl groups is 1. The second-order valence-corrected chi connectivity index (χ2v) is 13.6. The van der Waals surface area contributed by atoms with Crippen molar-refractivity contribution in [1.29, 1.82) is 0 Å². The summed E-state index contributed by atoms with van der Waals surface area (Å²) in [5, 5.41) is 16.8. The zero-order chi connectivity index (χ0) is 33.8. The van der Waals surface area contributed by atoms with Crippen molar-refractivity contribution in [3.8, 4) is 11.8 Å². The van der Waals surface area contributed by atoms with Gasteiger partial charge in [0.15, 0.2) is 5.78 Å². The summed E-state index contributed by atoms with van der Waals surface area (Å²) in [6.07, 6.45) is -2.99. The quantitative estimate of drug-likeness (QED) is 0.232. The molecule has 0 unspecified atom stereocenters. The molecule has 0 spiro atoms. The molecular formula is C37H37F5N2O3. The average molecular weight is 653 g/mol. The van der Waals surface area contributed by atoms with Crippen molar-refractivity contribution >= 4 is 17.5 Å². The van der Waals surface area contributed by atoms with Crippen molar-refractivity contribution in [2.75, 3.05) is 11.9 Å². The fourth-order valence-electron chi connectivity index (χ4n) is 8.60. The topological polar surface area (TPSA) is 78.4 Å². The number of alkyl halides is 5. The third kappa shape index (κ3) is 5.67. The van der Waals surface area contributed by atoms with Crippen LogP contribution in [-0.2, 0) is 4.79 Å². The molecule has 2 aromatic rings. The predicted molar refractivity (Wildman–Crippen MR) is 168 cm³/mol. The van der Waals surface area contributed by atoms with E-state index in [1.807, 2.05) is 31.2 Å². The van der Waals surface area contributed by atoms with Crippen LogP contribution in [0.4, 0.5) is 32.4 Å². The SMILES string of the molecule is Cc1ccc(NC(=O)NCC#Cc2ccc([C@H]3C[C@@]4(C)[C@@H](CC[C@@]4(O)C(F)(F)C(F)(F)F)[C@@H]4CCC5=CC(=O)CCC5=C43)cc2)cc1. The molecule has 0 aliphatic heterocycles. The number of hydrogen-bond donors (Lipinski definition) is 3. The lowest BCUT2D eigenvalue weighted by Gasteiger charge is -2.56. The van der Waals surface area contributed by atoms with Crippen molar-refractivity contribution in [2.24, 2.45) is 17.3 Å². The van der Waals surface area contributed by atoms with Crippen molar-refractivity contribution in [3.63, 3.8) is 0 Å². The molecular weight excluding hydrogens is 615 g/mol. The molecule has 6 rings (SSSR count). The molecule has 2 fully saturated rings. The van der Waals surface area contributed by atoms with Gasteiger partial charge in [0.05, 0.1) is 6.54 Å². The van der Waals surface area contributed by atoms with Crippen LogP contribution in [0.5, 0.6) is 0 Å². The molecule has 0 aromatic heterocycles. The maximum absolute atomic E-state index is 15.2. The Hall–Kier alpha value is -3.97. The Bertz CT molecular complexity index is 1700. The molecule has 47 heavy (non-hydrogen) atoms. The number of carbonyl (C=O) groups is 2. The van der Waals surface area contributed by atoms with Gasteiger partial charge in [-0.05, 0) is 104 Å². The Morgan fingerprint density at radius 3 is 2.38 bits per heavy atom. The summed E-state index contributed by atoms with van der Waals surface area (Å²) in [5.74, 6) is -0.718. The van der Waals surface area contributed by atoms with E-state index < -0.39 is 47.4 Å². The van der Waals surface area contributed by atoms with Gasteiger partial charge in [-0.1, -0.05) is 54.2 Å². The standard InChI is InChI=1S/C37H37F5N2O3/c1-22-5-12-26(13-6-22)44-33(46)43-19-3-4-23-7-9-24(10-8-23)30-21-34(2)31(17-18-35(34,47)36(38,39)37(40,41)42)29-15-11-25-20-27(45)14-16-28(25)32(29)30/h5-10,12-13,20,29-31,47H,11,14-19,21H2,1-2H3,(H2,43,44,46)/t29-,30+,31-,34-,35-/m0/s1. The monoisotopic (exact) mass is 652 g/mol. The average Bonchev–Trinajstić information content (AvgIpc) is 3.31. The van der Waals surface area contributed by atoms with Crippen LogP contribution in [0.2, 0.25) is 0 Å². The molecule has 5 nitrogen and oxygen atoms in total. The van der Waals surface area contributed by atoms with E-state index >= 15 is 8.78 Å². The largest absolute Gasteiger partial charge is 0.456 e. The highest BCUT2D eigenvalue weighted by atomic mass is 19.4. The molecule has 4 aliphatic carbocycles. The number of rotatable bonds is 4. The van der Waals surface area contributed by atoms with Gasteiger partial charge in [-0.15, -0.1) is 0 Å². The lowest BCUT2D eigenvalue weighted by molar-refractivity contribution is -0.362. The minimum Gasteiger partial charge on any atom is -0.383 e. The van der Waals surface area contributed by atoms with E-state index in [0.717, 1.165) is 27.8 Å². The molecule has 2 aromatic carbocycles. The number of nitrogens with one attached hydrogen (secondary N) is 2. The van der Waals surface area contributed by atoms with Crippen molar-refractivity contribution in [1.82, 2.24) is 5.32 Å². The summed E-state index contributed by atoms with van der Waals surface area (Å²) < 4.78 is 71.8. The first-order chi connectivity index (χ1) is 22.1. The van der Waals surface area contributed by atoms with E-state index in [4.69, 9.17) is 0 Å². The Balaban J connectivity index is 1.27. The summed E-state index contributed by atoms with van der Waals surface area (Å²) in [6.45, 7) is 3.44. The normalized spacial score (nSPS) is 28.7. The van der Waals surface area contributed by atoms with Crippen LogP contribution in [0.15, 0.2) is 71.3 Å². The molecule has 0 radical (unpaired) electrons. The molecule has 3 N–H and O–H groups in total.